The summed E-state index contributed by atoms with van der Waals surface area (Å²) in [6.45, 7) is 8.62. The molecule has 1 aromatic carbocycles. The first-order chi connectivity index (χ1) is 12.6. The molecule has 1 aliphatic rings. The minimum absolute atomic E-state index is 0.0812. The maximum atomic E-state index is 12.3. The highest BCUT2D eigenvalue weighted by atomic mass is 16.1. The number of nitrogens with zero attached hydrogens (tertiary/aromatic N) is 4. The molecule has 2 heterocycles. The lowest BCUT2D eigenvalue weighted by atomic mass is 10.1. The van der Waals surface area contributed by atoms with Gasteiger partial charge in [0.1, 0.15) is 0 Å². The molecule has 1 N–H and O–H groups in total. The molecule has 0 amide bonds. The van der Waals surface area contributed by atoms with Crippen molar-refractivity contribution in [1.82, 2.24) is 14.7 Å². The van der Waals surface area contributed by atoms with Gasteiger partial charge in [-0.15, -0.1) is 6.58 Å². The van der Waals surface area contributed by atoms with E-state index in [2.05, 4.69) is 58.1 Å². The van der Waals surface area contributed by atoms with Crippen LogP contribution in [0.2, 0.25) is 0 Å². The van der Waals surface area contributed by atoms with Crippen LogP contribution in [0.15, 0.2) is 47.9 Å². The van der Waals surface area contributed by atoms with E-state index < -0.39 is 0 Å². The first kappa shape index (κ1) is 18.2. The first-order valence-corrected chi connectivity index (χ1v) is 9.01. The van der Waals surface area contributed by atoms with Crippen molar-refractivity contribution in [2.75, 3.05) is 43.4 Å². The Morgan fingerprint density at radius 1 is 1.19 bits per heavy atom. The van der Waals surface area contributed by atoms with Gasteiger partial charge >= 0.3 is 0 Å². The Morgan fingerprint density at radius 2 is 1.92 bits per heavy atom. The number of hydrogen-bond donors (Lipinski definition) is 1. The zero-order chi connectivity index (χ0) is 18.5. The zero-order valence-electron chi connectivity index (χ0n) is 15.6. The summed E-state index contributed by atoms with van der Waals surface area (Å²) < 4.78 is 1.36. The fourth-order valence-corrected chi connectivity index (χ4v) is 3.29. The van der Waals surface area contributed by atoms with Gasteiger partial charge in [-0.05, 0) is 25.1 Å². The topological polar surface area (TPSA) is 53.4 Å². The summed E-state index contributed by atoms with van der Waals surface area (Å²) in [6.07, 6.45) is 4.00. The SMILES string of the molecule is C=CCc1c(NCc2ccccc2N2CCN(C)CC2)cnn(C)c1=O. The quantitative estimate of drug-likeness (QED) is 0.804. The molecule has 0 unspecified atom stereocenters. The summed E-state index contributed by atoms with van der Waals surface area (Å²) in [5, 5.41) is 7.56. The maximum absolute atomic E-state index is 12.3. The minimum Gasteiger partial charge on any atom is -0.379 e. The Labute approximate surface area is 154 Å². The highest BCUT2D eigenvalue weighted by Crippen LogP contribution is 2.23. The third-order valence-corrected chi connectivity index (χ3v) is 4.89. The molecule has 0 saturated carbocycles. The number of aryl methyl sites for hydroxylation is 1. The molecular formula is C20H27N5O. The molecule has 0 aliphatic carbocycles. The van der Waals surface area contributed by atoms with Crippen molar-refractivity contribution >= 4 is 11.4 Å². The number of hydrogen-bond acceptors (Lipinski definition) is 5. The summed E-state index contributed by atoms with van der Waals surface area (Å²) >= 11 is 0. The van der Waals surface area contributed by atoms with Crippen LogP contribution >= 0.6 is 0 Å². The van der Waals surface area contributed by atoms with Gasteiger partial charge in [0, 0.05) is 51.0 Å². The van der Waals surface area contributed by atoms with Gasteiger partial charge in [0.05, 0.1) is 11.9 Å². The lowest BCUT2D eigenvalue weighted by Crippen LogP contribution is -2.44. The molecule has 0 radical (unpaired) electrons. The Morgan fingerprint density at radius 3 is 2.65 bits per heavy atom. The second kappa shape index (κ2) is 8.19. The molecule has 138 valence electrons. The van der Waals surface area contributed by atoms with Crippen molar-refractivity contribution in [3.8, 4) is 0 Å². The van der Waals surface area contributed by atoms with Crippen molar-refractivity contribution in [3.05, 3.63) is 64.6 Å². The monoisotopic (exact) mass is 353 g/mol. The summed E-state index contributed by atoms with van der Waals surface area (Å²) in [5.41, 5.74) is 3.88. The summed E-state index contributed by atoms with van der Waals surface area (Å²) in [4.78, 5) is 17.1. The van der Waals surface area contributed by atoms with Crippen molar-refractivity contribution in [2.45, 2.75) is 13.0 Å². The molecular weight excluding hydrogens is 326 g/mol. The van der Waals surface area contributed by atoms with Gasteiger partial charge in [-0.2, -0.15) is 5.10 Å². The largest absolute Gasteiger partial charge is 0.379 e. The highest BCUT2D eigenvalue weighted by molar-refractivity contribution is 5.57. The highest BCUT2D eigenvalue weighted by Gasteiger charge is 2.17. The van der Waals surface area contributed by atoms with Gasteiger partial charge in [0.2, 0.25) is 0 Å². The molecule has 2 aromatic rings. The number of likely N-dealkylation sites (N-methyl/N-ethyl adjacent to an activating group) is 1. The fraction of sp³-hybridized carbons (Fsp3) is 0.400. The van der Waals surface area contributed by atoms with Crippen LogP contribution in [0, 0.1) is 0 Å². The lowest BCUT2D eigenvalue weighted by Gasteiger charge is -2.35. The molecule has 0 bridgehead atoms. The predicted octanol–water partition coefficient (Wildman–Crippen LogP) is 1.87. The number of para-hydroxylation sites is 1. The summed E-state index contributed by atoms with van der Waals surface area (Å²) in [5.74, 6) is 0. The second-order valence-corrected chi connectivity index (χ2v) is 6.73. The van der Waals surface area contributed by atoms with Crippen molar-refractivity contribution in [2.24, 2.45) is 7.05 Å². The van der Waals surface area contributed by atoms with Crippen LogP contribution in [0.25, 0.3) is 0 Å². The predicted molar refractivity (Wildman–Crippen MR) is 107 cm³/mol. The second-order valence-electron chi connectivity index (χ2n) is 6.73. The molecule has 6 nitrogen and oxygen atoms in total. The van der Waals surface area contributed by atoms with Gasteiger partial charge in [0.15, 0.2) is 0 Å². The number of allylic oxidation sites excluding steroid dienone is 1. The summed E-state index contributed by atoms with van der Waals surface area (Å²) in [6, 6.07) is 8.46. The van der Waals surface area contributed by atoms with Crippen LogP contribution in [-0.2, 0) is 20.0 Å². The molecule has 0 spiro atoms. The van der Waals surface area contributed by atoms with E-state index in [0.29, 0.717) is 18.5 Å². The van der Waals surface area contributed by atoms with E-state index in [1.54, 1.807) is 19.3 Å². The van der Waals surface area contributed by atoms with Gasteiger partial charge in [-0.1, -0.05) is 24.3 Å². The van der Waals surface area contributed by atoms with Gasteiger partial charge < -0.3 is 15.1 Å². The van der Waals surface area contributed by atoms with Crippen molar-refractivity contribution < 1.29 is 0 Å². The van der Waals surface area contributed by atoms with Gasteiger partial charge in [-0.25, -0.2) is 4.68 Å². The Bertz CT molecular complexity index is 821. The molecule has 1 fully saturated rings. The van der Waals surface area contributed by atoms with E-state index in [1.807, 2.05) is 0 Å². The van der Waals surface area contributed by atoms with Gasteiger partial charge in [0.25, 0.3) is 5.56 Å². The molecule has 3 rings (SSSR count). The molecule has 1 saturated heterocycles. The maximum Gasteiger partial charge on any atom is 0.272 e. The molecule has 1 aliphatic heterocycles. The molecule has 26 heavy (non-hydrogen) atoms. The molecule has 6 heteroatoms. The van der Waals surface area contributed by atoms with E-state index in [0.717, 1.165) is 31.9 Å². The lowest BCUT2D eigenvalue weighted by molar-refractivity contribution is 0.312. The van der Waals surface area contributed by atoms with Crippen LogP contribution in [-0.4, -0.2) is 47.9 Å². The normalized spacial score (nSPS) is 15.1. The molecule has 1 aromatic heterocycles. The van der Waals surface area contributed by atoms with Gasteiger partial charge in [-0.3, -0.25) is 4.79 Å². The van der Waals surface area contributed by atoms with E-state index in [-0.39, 0.29) is 5.56 Å². The number of anilines is 2. The number of nitrogens with one attached hydrogen (secondary N) is 1. The van der Waals surface area contributed by atoms with Crippen LogP contribution in [0.4, 0.5) is 11.4 Å². The van der Waals surface area contributed by atoms with E-state index in [1.165, 1.54) is 15.9 Å². The van der Waals surface area contributed by atoms with Crippen LogP contribution in [0.3, 0.4) is 0 Å². The Hall–Kier alpha value is -2.60. The third kappa shape index (κ3) is 3.96. The van der Waals surface area contributed by atoms with E-state index in [4.69, 9.17) is 0 Å². The minimum atomic E-state index is -0.0812. The van der Waals surface area contributed by atoms with E-state index >= 15 is 0 Å². The smallest absolute Gasteiger partial charge is 0.272 e. The van der Waals surface area contributed by atoms with Crippen LogP contribution in [0.1, 0.15) is 11.1 Å². The average molecular weight is 353 g/mol. The average Bonchev–Trinajstić information content (AvgIpc) is 2.66. The number of piperazine rings is 1. The standard InChI is InChI=1S/C20H27N5O/c1-4-7-17-18(15-22-24(3)20(17)26)21-14-16-8-5-6-9-19(16)25-12-10-23(2)11-13-25/h4-6,8-9,15,21H,1,7,10-14H2,2-3H3. The van der Waals surface area contributed by atoms with Crippen molar-refractivity contribution in [1.29, 1.82) is 0 Å². The summed E-state index contributed by atoms with van der Waals surface area (Å²) in [7, 11) is 3.83. The molecule has 0 atom stereocenters. The fourth-order valence-electron chi connectivity index (χ4n) is 3.29. The van der Waals surface area contributed by atoms with Crippen LogP contribution < -0.4 is 15.8 Å². The van der Waals surface area contributed by atoms with Crippen molar-refractivity contribution in [3.63, 3.8) is 0 Å². The number of rotatable bonds is 6. The van der Waals surface area contributed by atoms with E-state index in [9.17, 15) is 4.79 Å². The Balaban J connectivity index is 1.80. The van der Waals surface area contributed by atoms with Crippen LogP contribution in [0.5, 0.6) is 0 Å². The third-order valence-electron chi connectivity index (χ3n) is 4.89. The zero-order valence-corrected chi connectivity index (χ0v) is 15.6. The number of aromatic nitrogens is 2. The number of benzene rings is 1. The Kier molecular flexibility index (Phi) is 5.73. The first-order valence-electron chi connectivity index (χ1n) is 9.01.